The largest absolute Gasteiger partial charge is 0.431 e. The van der Waals surface area contributed by atoms with Crippen LogP contribution in [0.15, 0.2) is 70.6 Å². The van der Waals surface area contributed by atoms with Crippen molar-refractivity contribution in [2.75, 3.05) is 5.32 Å². The summed E-state index contributed by atoms with van der Waals surface area (Å²) in [6.45, 7) is 0. The normalized spacial score (nSPS) is 11.0. The van der Waals surface area contributed by atoms with Gasteiger partial charge in [-0.3, -0.25) is 9.48 Å². The average molecular weight is 364 g/mol. The van der Waals surface area contributed by atoms with Gasteiger partial charge in [-0.2, -0.15) is 5.10 Å². The van der Waals surface area contributed by atoms with Crippen LogP contribution in [0, 0.1) is 0 Å². The van der Waals surface area contributed by atoms with Gasteiger partial charge in [0, 0.05) is 24.6 Å². The summed E-state index contributed by atoms with van der Waals surface area (Å²) in [5.74, 6) is 0.426. The summed E-state index contributed by atoms with van der Waals surface area (Å²) in [6, 6.07) is 15.2. The number of hydrogen-bond donors (Lipinski definition) is 1. The third kappa shape index (κ3) is 3.48. The molecule has 4 aromatic rings. The van der Waals surface area contributed by atoms with Crippen molar-refractivity contribution in [2.24, 2.45) is 7.05 Å². The lowest BCUT2D eigenvalue weighted by Gasteiger charge is -2.08. The van der Waals surface area contributed by atoms with Gasteiger partial charge in [-0.15, -0.1) is 0 Å². The number of para-hydroxylation sites is 2. The predicted octanol–water partition coefficient (Wildman–Crippen LogP) is 4.11. The Morgan fingerprint density at radius 3 is 2.81 bits per heavy atom. The highest BCUT2D eigenvalue weighted by atomic mass is 32.2. The van der Waals surface area contributed by atoms with Crippen LogP contribution >= 0.6 is 11.8 Å². The van der Waals surface area contributed by atoms with E-state index in [0.717, 1.165) is 16.7 Å². The molecule has 1 amide bonds. The highest BCUT2D eigenvalue weighted by Gasteiger charge is 2.13. The van der Waals surface area contributed by atoms with Crippen LogP contribution in [-0.4, -0.2) is 20.7 Å². The summed E-state index contributed by atoms with van der Waals surface area (Å²) >= 11 is 1.47. The van der Waals surface area contributed by atoms with Crippen molar-refractivity contribution in [2.45, 2.75) is 11.0 Å². The number of rotatable bonds is 5. The van der Waals surface area contributed by atoms with Gasteiger partial charge < -0.3 is 9.73 Å². The average Bonchev–Trinajstić information content (AvgIpc) is 3.25. The molecule has 2 heterocycles. The van der Waals surface area contributed by atoms with Gasteiger partial charge in [0.2, 0.25) is 0 Å². The molecule has 0 bridgehead atoms. The quantitative estimate of drug-likeness (QED) is 0.540. The number of amides is 1. The van der Waals surface area contributed by atoms with Gasteiger partial charge in [-0.25, -0.2) is 4.98 Å². The van der Waals surface area contributed by atoms with E-state index in [4.69, 9.17) is 4.42 Å². The van der Waals surface area contributed by atoms with Crippen LogP contribution in [-0.2, 0) is 12.8 Å². The van der Waals surface area contributed by atoms with E-state index in [9.17, 15) is 4.79 Å². The lowest BCUT2D eigenvalue weighted by atomic mass is 10.1. The highest BCUT2D eigenvalue weighted by Crippen LogP contribution is 2.27. The first kappa shape index (κ1) is 16.4. The van der Waals surface area contributed by atoms with Crippen LogP contribution in [0.2, 0.25) is 0 Å². The number of carbonyl (C=O) groups excluding carboxylic acids is 1. The molecule has 0 saturated carbocycles. The summed E-state index contributed by atoms with van der Waals surface area (Å²) in [5.41, 5.74) is 3.80. The fraction of sp³-hybridized carbons (Fsp3) is 0.105. The van der Waals surface area contributed by atoms with E-state index in [0.29, 0.717) is 22.2 Å². The smallest absolute Gasteiger partial charge is 0.257 e. The van der Waals surface area contributed by atoms with Crippen LogP contribution in [0.3, 0.4) is 0 Å². The van der Waals surface area contributed by atoms with Crippen molar-refractivity contribution < 1.29 is 9.21 Å². The number of thioether (sulfide) groups is 1. The maximum absolute atomic E-state index is 12.6. The summed E-state index contributed by atoms with van der Waals surface area (Å²) in [5, 5.41) is 7.52. The number of fused-ring (bicyclic) bond motifs is 1. The number of nitrogens with one attached hydrogen (secondary N) is 1. The van der Waals surface area contributed by atoms with Crippen molar-refractivity contribution in [3.8, 4) is 0 Å². The fourth-order valence-corrected chi connectivity index (χ4v) is 3.45. The third-order valence-electron chi connectivity index (χ3n) is 3.85. The first-order chi connectivity index (χ1) is 12.7. The molecule has 130 valence electrons. The Hall–Kier alpha value is -3.06. The van der Waals surface area contributed by atoms with E-state index in [-0.39, 0.29) is 5.91 Å². The fourth-order valence-electron chi connectivity index (χ4n) is 2.60. The number of nitrogens with zero attached hydrogens (tertiary/aromatic N) is 3. The maximum Gasteiger partial charge on any atom is 0.257 e. The molecule has 0 radical (unpaired) electrons. The SMILES string of the molecule is Cn1cc(NC(=O)c2ccccc2CSc2nc3ccccc3o2)cn1. The molecule has 0 spiro atoms. The van der Waals surface area contributed by atoms with Gasteiger partial charge >= 0.3 is 0 Å². The van der Waals surface area contributed by atoms with E-state index in [1.54, 1.807) is 24.1 Å². The van der Waals surface area contributed by atoms with Crippen LogP contribution in [0.1, 0.15) is 15.9 Å². The monoisotopic (exact) mass is 364 g/mol. The lowest BCUT2D eigenvalue weighted by Crippen LogP contribution is -2.13. The number of anilines is 1. The highest BCUT2D eigenvalue weighted by molar-refractivity contribution is 7.98. The summed E-state index contributed by atoms with van der Waals surface area (Å²) in [7, 11) is 1.81. The Morgan fingerprint density at radius 2 is 2.00 bits per heavy atom. The Kier molecular flexibility index (Phi) is 4.45. The van der Waals surface area contributed by atoms with E-state index < -0.39 is 0 Å². The second-order valence-corrected chi connectivity index (χ2v) is 6.68. The van der Waals surface area contributed by atoms with Crippen LogP contribution in [0.25, 0.3) is 11.1 Å². The van der Waals surface area contributed by atoms with Gasteiger partial charge in [-0.1, -0.05) is 42.1 Å². The number of oxazole rings is 1. The number of aryl methyl sites for hydroxylation is 1. The molecule has 7 heteroatoms. The van der Waals surface area contributed by atoms with Gasteiger partial charge in [-0.05, 0) is 23.8 Å². The predicted molar refractivity (Wildman–Crippen MR) is 101 cm³/mol. The van der Waals surface area contributed by atoms with Gasteiger partial charge in [0.1, 0.15) is 5.52 Å². The molecule has 2 aromatic heterocycles. The molecule has 0 fully saturated rings. The number of benzene rings is 2. The molecular formula is C19H16N4O2S. The minimum absolute atomic E-state index is 0.160. The number of aromatic nitrogens is 3. The van der Waals surface area contributed by atoms with Gasteiger partial charge in [0.25, 0.3) is 11.1 Å². The Morgan fingerprint density at radius 1 is 1.19 bits per heavy atom. The third-order valence-corrected chi connectivity index (χ3v) is 4.73. The molecule has 0 saturated heterocycles. The minimum atomic E-state index is -0.160. The van der Waals surface area contributed by atoms with Crippen LogP contribution in [0.5, 0.6) is 0 Å². The second-order valence-electron chi connectivity index (χ2n) is 5.75. The van der Waals surface area contributed by atoms with Crippen LogP contribution in [0.4, 0.5) is 5.69 Å². The zero-order chi connectivity index (χ0) is 17.9. The summed E-state index contributed by atoms with van der Waals surface area (Å²) in [4.78, 5) is 17.1. The summed E-state index contributed by atoms with van der Waals surface area (Å²) in [6.07, 6.45) is 3.38. The zero-order valence-electron chi connectivity index (χ0n) is 14.0. The maximum atomic E-state index is 12.6. The molecule has 26 heavy (non-hydrogen) atoms. The molecule has 2 aromatic carbocycles. The van der Waals surface area contributed by atoms with Crippen LogP contribution < -0.4 is 5.32 Å². The van der Waals surface area contributed by atoms with Crippen molar-refractivity contribution in [3.63, 3.8) is 0 Å². The van der Waals surface area contributed by atoms with Gasteiger partial charge in [0.15, 0.2) is 5.58 Å². The standard InChI is InChI=1S/C19H16N4O2S/c1-23-11-14(10-20-23)21-18(24)15-7-3-2-6-13(15)12-26-19-22-16-8-4-5-9-17(16)25-19/h2-11H,12H2,1H3,(H,21,24). The van der Waals surface area contributed by atoms with Crippen molar-refractivity contribution in [1.29, 1.82) is 0 Å². The molecule has 0 unspecified atom stereocenters. The lowest BCUT2D eigenvalue weighted by molar-refractivity contribution is 0.102. The molecule has 6 nitrogen and oxygen atoms in total. The molecular weight excluding hydrogens is 348 g/mol. The first-order valence-corrected chi connectivity index (χ1v) is 9.04. The minimum Gasteiger partial charge on any atom is -0.431 e. The van der Waals surface area contributed by atoms with E-state index in [1.165, 1.54) is 11.8 Å². The van der Waals surface area contributed by atoms with Gasteiger partial charge in [0.05, 0.1) is 11.9 Å². The molecule has 0 aliphatic carbocycles. The number of carbonyl (C=O) groups is 1. The molecule has 4 rings (SSSR count). The Bertz CT molecular complexity index is 1040. The van der Waals surface area contributed by atoms with Crippen molar-refractivity contribution in [3.05, 3.63) is 72.1 Å². The topological polar surface area (TPSA) is 73.0 Å². The first-order valence-electron chi connectivity index (χ1n) is 8.05. The van der Waals surface area contributed by atoms with Crippen molar-refractivity contribution in [1.82, 2.24) is 14.8 Å². The summed E-state index contributed by atoms with van der Waals surface area (Å²) < 4.78 is 7.37. The molecule has 0 aliphatic rings. The van der Waals surface area contributed by atoms with E-state index >= 15 is 0 Å². The van der Waals surface area contributed by atoms with E-state index in [1.807, 2.05) is 48.5 Å². The Labute approximate surface area is 154 Å². The number of hydrogen-bond acceptors (Lipinski definition) is 5. The molecule has 0 aliphatic heterocycles. The Balaban J connectivity index is 1.50. The second kappa shape index (κ2) is 7.05. The zero-order valence-corrected chi connectivity index (χ0v) is 14.9. The molecule has 0 atom stereocenters. The van der Waals surface area contributed by atoms with E-state index in [2.05, 4.69) is 15.4 Å². The van der Waals surface area contributed by atoms with Crippen molar-refractivity contribution >= 4 is 34.5 Å². The molecule has 1 N–H and O–H groups in total.